The molecule has 1 saturated heterocycles. The van der Waals surface area contributed by atoms with Crippen molar-refractivity contribution in [1.29, 1.82) is 0 Å². The number of nitrogens with zero attached hydrogens (tertiary/aromatic N) is 2. The maximum absolute atomic E-state index is 11.6. The van der Waals surface area contributed by atoms with Crippen molar-refractivity contribution in [2.24, 2.45) is 11.8 Å². The average Bonchev–Trinajstić information content (AvgIpc) is 2.70. The monoisotopic (exact) mass is 450 g/mol. The Morgan fingerprint density at radius 2 is 1.71 bits per heavy atom. The van der Waals surface area contributed by atoms with Crippen LogP contribution < -0.4 is 14.9 Å². The van der Waals surface area contributed by atoms with E-state index in [1.165, 1.54) is 25.0 Å². The number of fused-ring (bicyclic) bond motifs is 1. The van der Waals surface area contributed by atoms with Crippen molar-refractivity contribution in [3.8, 4) is 0 Å². The maximum Gasteiger partial charge on any atom is 0.221 e. The van der Waals surface area contributed by atoms with E-state index in [0.29, 0.717) is 0 Å². The Bertz CT molecular complexity index is 819. The van der Waals surface area contributed by atoms with E-state index in [1.807, 2.05) is 24.3 Å². The lowest BCUT2D eigenvalue weighted by Gasteiger charge is -2.46. The van der Waals surface area contributed by atoms with Crippen molar-refractivity contribution in [3.63, 3.8) is 0 Å². The van der Waals surface area contributed by atoms with Gasteiger partial charge in [0.2, 0.25) is 15.9 Å². The number of piperazine rings is 1. The normalized spacial score (nSPS) is 24.0. The summed E-state index contributed by atoms with van der Waals surface area (Å²) < 4.78 is 25.9. The van der Waals surface area contributed by atoms with Gasteiger partial charge in [0.15, 0.2) is 0 Å². The predicted octanol–water partition coefficient (Wildman–Crippen LogP) is 3.25. The van der Waals surface area contributed by atoms with Gasteiger partial charge in [0.05, 0.1) is 12.4 Å². The average molecular weight is 451 g/mol. The first-order valence-corrected chi connectivity index (χ1v) is 13.5. The van der Waals surface area contributed by atoms with Gasteiger partial charge in [-0.3, -0.25) is 9.69 Å². The molecular weight excluding hydrogens is 412 g/mol. The summed E-state index contributed by atoms with van der Waals surface area (Å²) in [5, 5.41) is 2.80. The molecule has 1 amide bonds. The number of amides is 1. The van der Waals surface area contributed by atoms with Gasteiger partial charge in [-0.15, -0.1) is 0 Å². The molecular formula is C23H38N4O3S. The lowest BCUT2D eigenvalue weighted by atomic mass is 9.60. The summed E-state index contributed by atoms with van der Waals surface area (Å²) >= 11 is 0. The summed E-state index contributed by atoms with van der Waals surface area (Å²) in [5.74, 6) is 2.34. The van der Waals surface area contributed by atoms with E-state index in [9.17, 15) is 13.2 Å². The first kappa shape index (κ1) is 24.0. The summed E-state index contributed by atoms with van der Waals surface area (Å²) in [5.41, 5.74) is 1.85. The smallest absolute Gasteiger partial charge is 0.221 e. The minimum atomic E-state index is -3.22. The molecule has 0 radical (unpaired) electrons. The van der Waals surface area contributed by atoms with Crippen LogP contribution in [0.3, 0.4) is 0 Å². The number of carbonyl (C=O) groups excluding carboxylic acids is 1. The molecule has 2 aliphatic carbocycles. The molecule has 3 aliphatic rings. The fourth-order valence-corrected chi connectivity index (χ4v) is 5.44. The lowest BCUT2D eigenvalue weighted by Crippen LogP contribution is -2.55. The first-order valence-electron chi connectivity index (χ1n) is 11.6. The standard InChI is InChI=1S/C17H28N4O3S.C6H10/c1-4-6-17(19-25(3,23)24)21-11-9-20(10-12-21)16-8-5-7-15(13-16)18-14(2)22;1-2-6-4-3-5(1)6/h5,7-8,13,17,19H,4,6,9-12H2,1-3H3,(H,18,22);5-6H,1-4H2. The van der Waals surface area contributed by atoms with Gasteiger partial charge < -0.3 is 10.2 Å². The number of hydrogen-bond acceptors (Lipinski definition) is 5. The Kier molecular flexibility index (Phi) is 8.36. The third kappa shape index (κ3) is 7.19. The van der Waals surface area contributed by atoms with Crippen LogP contribution in [-0.4, -0.2) is 57.8 Å². The van der Waals surface area contributed by atoms with Gasteiger partial charge in [-0.1, -0.05) is 19.4 Å². The highest BCUT2D eigenvalue weighted by Gasteiger charge is 2.37. The zero-order chi connectivity index (χ0) is 22.4. The molecule has 4 rings (SSSR count). The molecule has 0 bridgehead atoms. The molecule has 1 aromatic carbocycles. The molecule has 2 N–H and O–H groups in total. The third-order valence-electron chi connectivity index (χ3n) is 6.68. The highest BCUT2D eigenvalue weighted by atomic mass is 32.2. The Morgan fingerprint density at radius 1 is 1.10 bits per heavy atom. The molecule has 8 heteroatoms. The van der Waals surface area contributed by atoms with Crippen LogP contribution in [0.25, 0.3) is 0 Å². The third-order valence-corrected chi connectivity index (χ3v) is 7.38. The van der Waals surface area contributed by atoms with E-state index >= 15 is 0 Å². The van der Waals surface area contributed by atoms with Crippen LogP contribution >= 0.6 is 0 Å². The fraction of sp³-hybridized carbons (Fsp3) is 0.696. The largest absolute Gasteiger partial charge is 0.369 e. The molecule has 1 aromatic rings. The lowest BCUT2D eigenvalue weighted by molar-refractivity contribution is -0.114. The van der Waals surface area contributed by atoms with E-state index in [4.69, 9.17) is 0 Å². The van der Waals surface area contributed by atoms with Crippen LogP contribution in [0.4, 0.5) is 11.4 Å². The molecule has 1 aliphatic heterocycles. The van der Waals surface area contributed by atoms with Crippen LogP contribution in [0.15, 0.2) is 24.3 Å². The van der Waals surface area contributed by atoms with Gasteiger partial charge in [-0.2, -0.15) is 4.72 Å². The molecule has 31 heavy (non-hydrogen) atoms. The Morgan fingerprint density at radius 3 is 2.16 bits per heavy atom. The van der Waals surface area contributed by atoms with E-state index < -0.39 is 10.0 Å². The quantitative estimate of drug-likeness (QED) is 0.666. The fourth-order valence-electron chi connectivity index (χ4n) is 4.68. The van der Waals surface area contributed by atoms with E-state index in [2.05, 4.69) is 26.8 Å². The second-order valence-corrected chi connectivity index (χ2v) is 10.9. The topological polar surface area (TPSA) is 81.8 Å². The molecule has 0 spiro atoms. The summed E-state index contributed by atoms with van der Waals surface area (Å²) in [6.07, 6.45) is 9.02. The Hall–Kier alpha value is -1.64. The number of benzene rings is 1. The first-order chi connectivity index (χ1) is 14.7. The summed E-state index contributed by atoms with van der Waals surface area (Å²) in [6, 6.07) is 7.79. The molecule has 0 aromatic heterocycles. The molecule has 1 unspecified atom stereocenters. The molecule has 1 heterocycles. The van der Waals surface area contributed by atoms with Gasteiger partial charge in [0, 0.05) is 44.5 Å². The molecule has 1 atom stereocenters. The predicted molar refractivity (Wildman–Crippen MR) is 127 cm³/mol. The van der Waals surface area contributed by atoms with Crippen LogP contribution in [0.1, 0.15) is 52.4 Å². The van der Waals surface area contributed by atoms with E-state index in [1.54, 1.807) is 25.7 Å². The van der Waals surface area contributed by atoms with Crippen LogP contribution in [0, 0.1) is 11.8 Å². The van der Waals surface area contributed by atoms with Crippen molar-refractivity contribution >= 4 is 27.3 Å². The van der Waals surface area contributed by atoms with Crippen molar-refractivity contribution < 1.29 is 13.2 Å². The highest BCUT2D eigenvalue weighted by Crippen LogP contribution is 2.49. The number of carbonyl (C=O) groups is 1. The minimum Gasteiger partial charge on any atom is -0.369 e. The number of nitrogens with one attached hydrogen (secondary N) is 2. The number of hydrogen-bond donors (Lipinski definition) is 2. The van der Waals surface area contributed by atoms with Crippen molar-refractivity contribution in [2.75, 3.05) is 42.7 Å². The van der Waals surface area contributed by atoms with Crippen molar-refractivity contribution in [3.05, 3.63) is 24.3 Å². The SMILES string of the molecule is C1CC2CCC12.CCCC(NS(C)(=O)=O)N1CCN(c2cccc(NC(C)=O)c2)CC1. The van der Waals surface area contributed by atoms with Crippen LogP contribution in [-0.2, 0) is 14.8 Å². The van der Waals surface area contributed by atoms with E-state index in [-0.39, 0.29) is 12.1 Å². The summed E-state index contributed by atoms with van der Waals surface area (Å²) in [7, 11) is -3.22. The Balaban J connectivity index is 0.000000381. The van der Waals surface area contributed by atoms with Gasteiger partial charge in [0.25, 0.3) is 0 Å². The van der Waals surface area contributed by atoms with Crippen LogP contribution in [0.5, 0.6) is 0 Å². The van der Waals surface area contributed by atoms with Crippen molar-refractivity contribution in [1.82, 2.24) is 9.62 Å². The van der Waals surface area contributed by atoms with Crippen LogP contribution in [0.2, 0.25) is 0 Å². The number of anilines is 2. The highest BCUT2D eigenvalue weighted by molar-refractivity contribution is 7.88. The number of rotatable bonds is 7. The zero-order valence-electron chi connectivity index (χ0n) is 19.1. The van der Waals surface area contributed by atoms with Gasteiger partial charge >= 0.3 is 0 Å². The summed E-state index contributed by atoms with van der Waals surface area (Å²) in [4.78, 5) is 15.7. The molecule has 174 valence electrons. The van der Waals surface area contributed by atoms with Gasteiger partial charge in [-0.05, 0) is 62.1 Å². The summed E-state index contributed by atoms with van der Waals surface area (Å²) in [6.45, 7) is 6.76. The zero-order valence-corrected chi connectivity index (χ0v) is 20.0. The maximum atomic E-state index is 11.6. The molecule has 7 nitrogen and oxygen atoms in total. The van der Waals surface area contributed by atoms with E-state index in [0.717, 1.165) is 50.4 Å². The molecule has 3 fully saturated rings. The second kappa shape index (κ2) is 10.8. The van der Waals surface area contributed by atoms with Crippen molar-refractivity contribution in [2.45, 2.75) is 58.5 Å². The molecule has 2 saturated carbocycles. The van der Waals surface area contributed by atoms with Gasteiger partial charge in [-0.25, -0.2) is 8.42 Å². The Labute approximate surface area is 187 Å². The second-order valence-electron chi connectivity index (χ2n) is 9.12. The number of sulfonamides is 1. The minimum absolute atomic E-state index is 0.0868. The van der Waals surface area contributed by atoms with Gasteiger partial charge in [0.1, 0.15) is 0 Å².